The van der Waals surface area contributed by atoms with Crippen molar-refractivity contribution in [2.75, 3.05) is 12.4 Å². The van der Waals surface area contributed by atoms with Crippen molar-refractivity contribution in [3.8, 4) is 5.75 Å². The second-order valence-corrected chi connectivity index (χ2v) is 4.56. The third kappa shape index (κ3) is 2.55. The molecule has 0 aliphatic rings. The van der Waals surface area contributed by atoms with Crippen LogP contribution in [0.1, 0.15) is 18.5 Å². The third-order valence-electron chi connectivity index (χ3n) is 2.50. The number of methoxy groups -OCH3 is 1. The van der Waals surface area contributed by atoms with E-state index in [1.54, 1.807) is 18.4 Å². The first-order chi connectivity index (χ1) is 7.79. The normalized spacial score (nSPS) is 12.1. The molecule has 0 saturated carbocycles. The smallest absolute Gasteiger partial charge is 0.118 e. The SMILES string of the molecule is COc1ccc([C@H](C)Nc2cccs2)cc1. The van der Waals surface area contributed by atoms with Crippen molar-refractivity contribution in [2.24, 2.45) is 0 Å². The van der Waals surface area contributed by atoms with E-state index in [0.29, 0.717) is 6.04 Å². The lowest BCUT2D eigenvalue weighted by atomic mass is 10.1. The molecule has 2 aromatic rings. The molecule has 1 aromatic carbocycles. The van der Waals surface area contributed by atoms with E-state index in [1.165, 1.54) is 10.6 Å². The molecule has 0 amide bonds. The Kier molecular flexibility index (Phi) is 3.47. The van der Waals surface area contributed by atoms with Crippen LogP contribution in [-0.4, -0.2) is 7.11 Å². The van der Waals surface area contributed by atoms with Crippen LogP contribution in [0.4, 0.5) is 5.00 Å². The van der Waals surface area contributed by atoms with Crippen LogP contribution in [0.3, 0.4) is 0 Å². The van der Waals surface area contributed by atoms with Crippen molar-refractivity contribution in [3.63, 3.8) is 0 Å². The summed E-state index contributed by atoms with van der Waals surface area (Å²) in [7, 11) is 1.68. The van der Waals surface area contributed by atoms with Crippen LogP contribution in [0.25, 0.3) is 0 Å². The highest BCUT2D eigenvalue weighted by Crippen LogP contribution is 2.24. The zero-order valence-corrected chi connectivity index (χ0v) is 10.3. The van der Waals surface area contributed by atoms with Gasteiger partial charge in [0.25, 0.3) is 0 Å². The molecule has 84 valence electrons. The molecule has 1 heterocycles. The number of hydrogen-bond donors (Lipinski definition) is 1. The molecular weight excluding hydrogens is 218 g/mol. The zero-order valence-electron chi connectivity index (χ0n) is 9.44. The molecule has 0 unspecified atom stereocenters. The fourth-order valence-electron chi connectivity index (χ4n) is 1.55. The predicted octanol–water partition coefficient (Wildman–Crippen LogP) is 3.93. The molecule has 0 aliphatic carbocycles. The van der Waals surface area contributed by atoms with Gasteiger partial charge in [0.15, 0.2) is 0 Å². The van der Waals surface area contributed by atoms with Gasteiger partial charge in [-0.25, -0.2) is 0 Å². The summed E-state index contributed by atoms with van der Waals surface area (Å²) in [6.07, 6.45) is 0. The summed E-state index contributed by atoms with van der Waals surface area (Å²) >= 11 is 1.72. The first-order valence-electron chi connectivity index (χ1n) is 5.23. The van der Waals surface area contributed by atoms with Crippen molar-refractivity contribution in [1.82, 2.24) is 0 Å². The van der Waals surface area contributed by atoms with Crippen molar-refractivity contribution < 1.29 is 4.74 Å². The van der Waals surface area contributed by atoms with E-state index in [2.05, 4.69) is 35.8 Å². The second kappa shape index (κ2) is 5.03. The van der Waals surface area contributed by atoms with Crippen LogP contribution in [0.5, 0.6) is 5.75 Å². The number of nitrogens with one attached hydrogen (secondary N) is 1. The molecule has 0 fully saturated rings. The molecule has 0 bridgehead atoms. The van der Waals surface area contributed by atoms with Crippen molar-refractivity contribution in [3.05, 3.63) is 47.3 Å². The highest BCUT2D eigenvalue weighted by Gasteiger charge is 2.05. The minimum absolute atomic E-state index is 0.310. The first-order valence-corrected chi connectivity index (χ1v) is 6.11. The Morgan fingerprint density at radius 1 is 1.19 bits per heavy atom. The van der Waals surface area contributed by atoms with Gasteiger partial charge in [0.05, 0.1) is 12.1 Å². The van der Waals surface area contributed by atoms with Gasteiger partial charge >= 0.3 is 0 Å². The maximum Gasteiger partial charge on any atom is 0.118 e. The number of rotatable bonds is 4. The summed E-state index contributed by atoms with van der Waals surface area (Å²) in [5.41, 5.74) is 1.26. The summed E-state index contributed by atoms with van der Waals surface area (Å²) < 4.78 is 5.14. The Bertz CT molecular complexity index is 422. The molecule has 1 atom stereocenters. The van der Waals surface area contributed by atoms with Crippen LogP contribution in [0.15, 0.2) is 41.8 Å². The van der Waals surface area contributed by atoms with Crippen molar-refractivity contribution in [1.29, 1.82) is 0 Å². The molecular formula is C13H15NOS. The van der Waals surface area contributed by atoms with Crippen LogP contribution < -0.4 is 10.1 Å². The predicted molar refractivity (Wildman–Crippen MR) is 69.4 cm³/mol. The molecule has 0 saturated heterocycles. The van der Waals surface area contributed by atoms with Crippen LogP contribution >= 0.6 is 11.3 Å². The van der Waals surface area contributed by atoms with E-state index in [-0.39, 0.29) is 0 Å². The van der Waals surface area contributed by atoms with Gasteiger partial charge in [0, 0.05) is 6.04 Å². The lowest BCUT2D eigenvalue weighted by Gasteiger charge is -2.14. The van der Waals surface area contributed by atoms with Gasteiger partial charge in [-0.1, -0.05) is 12.1 Å². The van der Waals surface area contributed by atoms with Gasteiger partial charge in [0.2, 0.25) is 0 Å². The highest BCUT2D eigenvalue weighted by atomic mass is 32.1. The van der Waals surface area contributed by atoms with E-state index < -0.39 is 0 Å². The van der Waals surface area contributed by atoms with Gasteiger partial charge in [-0.2, -0.15) is 0 Å². The van der Waals surface area contributed by atoms with Crippen LogP contribution in [0.2, 0.25) is 0 Å². The molecule has 1 aromatic heterocycles. The van der Waals surface area contributed by atoms with Crippen molar-refractivity contribution >= 4 is 16.3 Å². The minimum atomic E-state index is 0.310. The fourth-order valence-corrected chi connectivity index (χ4v) is 2.26. The largest absolute Gasteiger partial charge is 0.497 e. The molecule has 3 heteroatoms. The number of thiophene rings is 1. The molecule has 0 spiro atoms. The average molecular weight is 233 g/mol. The Morgan fingerprint density at radius 2 is 1.94 bits per heavy atom. The van der Waals surface area contributed by atoms with Crippen LogP contribution in [-0.2, 0) is 0 Å². The summed E-state index contributed by atoms with van der Waals surface area (Å²) in [6.45, 7) is 2.15. The summed E-state index contributed by atoms with van der Waals surface area (Å²) in [6, 6.07) is 12.6. The van der Waals surface area contributed by atoms with Gasteiger partial charge < -0.3 is 10.1 Å². The Balaban J connectivity index is 2.05. The number of benzene rings is 1. The topological polar surface area (TPSA) is 21.3 Å². The lowest BCUT2D eigenvalue weighted by Crippen LogP contribution is -2.04. The molecule has 0 radical (unpaired) electrons. The fraction of sp³-hybridized carbons (Fsp3) is 0.231. The molecule has 2 nitrogen and oxygen atoms in total. The first kappa shape index (κ1) is 11.0. The Labute approximate surface area is 99.9 Å². The molecule has 16 heavy (non-hydrogen) atoms. The van der Waals surface area contributed by atoms with E-state index in [9.17, 15) is 0 Å². The van der Waals surface area contributed by atoms with E-state index in [1.807, 2.05) is 18.2 Å². The number of hydrogen-bond acceptors (Lipinski definition) is 3. The maximum atomic E-state index is 5.14. The summed E-state index contributed by atoms with van der Waals surface area (Å²) in [4.78, 5) is 0. The summed E-state index contributed by atoms with van der Waals surface area (Å²) in [5, 5.41) is 6.72. The average Bonchev–Trinajstić information content (AvgIpc) is 2.82. The zero-order chi connectivity index (χ0) is 11.4. The number of anilines is 1. The van der Waals surface area contributed by atoms with Crippen molar-refractivity contribution in [2.45, 2.75) is 13.0 Å². The van der Waals surface area contributed by atoms with E-state index >= 15 is 0 Å². The monoisotopic (exact) mass is 233 g/mol. The summed E-state index contributed by atoms with van der Waals surface area (Å²) in [5.74, 6) is 0.895. The minimum Gasteiger partial charge on any atom is -0.497 e. The van der Waals surface area contributed by atoms with E-state index in [4.69, 9.17) is 4.74 Å². The molecule has 1 N–H and O–H groups in total. The molecule has 2 rings (SSSR count). The second-order valence-electron chi connectivity index (χ2n) is 3.62. The third-order valence-corrected chi connectivity index (χ3v) is 3.30. The van der Waals surface area contributed by atoms with Gasteiger partial charge in [0.1, 0.15) is 5.75 Å². The van der Waals surface area contributed by atoms with Gasteiger partial charge in [-0.15, -0.1) is 11.3 Å². The van der Waals surface area contributed by atoms with Gasteiger partial charge in [-0.3, -0.25) is 0 Å². The van der Waals surface area contributed by atoms with E-state index in [0.717, 1.165) is 5.75 Å². The lowest BCUT2D eigenvalue weighted by molar-refractivity contribution is 0.414. The number of ether oxygens (including phenoxy) is 1. The van der Waals surface area contributed by atoms with Crippen LogP contribution in [0, 0.1) is 0 Å². The molecule has 0 aliphatic heterocycles. The Hall–Kier alpha value is -1.48. The standard InChI is InChI=1S/C13H15NOS/c1-10(14-13-4-3-9-16-13)11-5-7-12(15-2)8-6-11/h3-10,14H,1-2H3/t10-/m0/s1. The Morgan fingerprint density at radius 3 is 2.50 bits per heavy atom. The highest BCUT2D eigenvalue weighted by molar-refractivity contribution is 7.14. The quantitative estimate of drug-likeness (QED) is 0.864. The maximum absolute atomic E-state index is 5.14. The van der Waals surface area contributed by atoms with Gasteiger partial charge in [-0.05, 0) is 42.1 Å².